The highest BCUT2D eigenvalue weighted by atomic mass is 16.4. The van der Waals surface area contributed by atoms with Gasteiger partial charge >= 0.3 is 11.8 Å². The predicted octanol–water partition coefficient (Wildman–Crippen LogP) is 7.05. The number of unbranched alkanes of at least 4 members (excludes halogenated alkanes) is 17. The van der Waals surface area contributed by atoms with E-state index in [1.807, 2.05) is 17.0 Å². The largest absolute Gasteiger partial charge is 0.472 e. The number of carbonyl (C=O) groups is 1. The van der Waals surface area contributed by atoms with E-state index in [0.717, 1.165) is 13.0 Å². The summed E-state index contributed by atoms with van der Waals surface area (Å²) >= 11 is 0. The predicted molar refractivity (Wildman–Crippen MR) is 121 cm³/mol. The third-order valence-corrected chi connectivity index (χ3v) is 6.02. The van der Waals surface area contributed by atoms with Gasteiger partial charge in [-0.15, -0.1) is 0 Å². The monoisotopic (exact) mass is 407 g/mol. The van der Waals surface area contributed by atoms with E-state index in [1.165, 1.54) is 109 Å². The fourth-order valence-electron chi connectivity index (χ4n) is 4.16. The van der Waals surface area contributed by atoms with Crippen LogP contribution in [-0.2, 0) is 13.6 Å². The van der Waals surface area contributed by atoms with Crippen molar-refractivity contribution in [1.82, 2.24) is 4.57 Å². The van der Waals surface area contributed by atoms with Crippen molar-refractivity contribution in [3.63, 3.8) is 0 Å². The highest BCUT2D eigenvalue weighted by Gasteiger charge is 2.21. The normalized spacial score (nSPS) is 11.2. The molecule has 1 heterocycles. The van der Waals surface area contributed by atoms with Gasteiger partial charge in [-0.05, 0) is 12.8 Å². The molecule has 0 aliphatic rings. The summed E-state index contributed by atoms with van der Waals surface area (Å²) in [6.07, 6.45) is 28.4. The lowest BCUT2D eigenvalue weighted by Gasteiger charge is -2.04. The van der Waals surface area contributed by atoms with E-state index in [1.54, 1.807) is 11.6 Å². The van der Waals surface area contributed by atoms with Crippen molar-refractivity contribution in [2.24, 2.45) is 7.05 Å². The van der Waals surface area contributed by atoms with Crippen LogP contribution in [0, 0.1) is 0 Å². The van der Waals surface area contributed by atoms with Crippen LogP contribution >= 0.6 is 0 Å². The lowest BCUT2D eigenvalue weighted by molar-refractivity contribution is -0.673. The van der Waals surface area contributed by atoms with Gasteiger partial charge in [0.15, 0.2) is 0 Å². The first kappa shape index (κ1) is 25.7. The lowest BCUT2D eigenvalue weighted by Crippen LogP contribution is -2.35. The molecule has 1 rings (SSSR count). The van der Waals surface area contributed by atoms with E-state index in [-0.39, 0.29) is 0 Å². The smallest absolute Gasteiger partial charge is 0.419 e. The first-order valence-corrected chi connectivity index (χ1v) is 12.4. The van der Waals surface area contributed by atoms with Crippen molar-refractivity contribution in [3.05, 3.63) is 18.2 Å². The zero-order chi connectivity index (χ0) is 21.2. The number of aromatic carboxylic acids is 1. The van der Waals surface area contributed by atoms with Crippen LogP contribution in [0.25, 0.3) is 0 Å². The second-order valence-electron chi connectivity index (χ2n) is 8.74. The number of hydrogen-bond acceptors (Lipinski definition) is 1. The Labute approximate surface area is 179 Å². The molecule has 0 aromatic carbocycles. The number of nitrogens with zero attached hydrogens (tertiary/aromatic N) is 2. The van der Waals surface area contributed by atoms with Crippen molar-refractivity contribution in [2.75, 3.05) is 0 Å². The molecule has 1 aromatic rings. The van der Waals surface area contributed by atoms with Gasteiger partial charge in [0, 0.05) is 0 Å². The molecule has 0 spiro atoms. The van der Waals surface area contributed by atoms with Gasteiger partial charge in [0.05, 0.1) is 13.6 Å². The number of hydrogen-bond donors (Lipinski definition) is 1. The Balaban J connectivity index is 1.81. The molecule has 0 fully saturated rings. The summed E-state index contributed by atoms with van der Waals surface area (Å²) in [7, 11) is 1.79. The van der Waals surface area contributed by atoms with Crippen LogP contribution in [0.1, 0.15) is 133 Å². The second kappa shape index (κ2) is 17.5. The van der Waals surface area contributed by atoms with Crippen LogP contribution in [0.3, 0.4) is 0 Å². The van der Waals surface area contributed by atoms with Crippen LogP contribution in [0.15, 0.2) is 12.4 Å². The Morgan fingerprint density at radius 1 is 0.759 bits per heavy atom. The summed E-state index contributed by atoms with van der Waals surface area (Å²) in [4.78, 5) is 11.3. The minimum Gasteiger partial charge on any atom is -0.472 e. The lowest BCUT2D eigenvalue weighted by atomic mass is 10.0. The average molecular weight is 408 g/mol. The molecule has 4 nitrogen and oxygen atoms in total. The maximum atomic E-state index is 11.3. The van der Waals surface area contributed by atoms with Crippen molar-refractivity contribution < 1.29 is 14.5 Å². The maximum absolute atomic E-state index is 11.3. The van der Waals surface area contributed by atoms with Crippen LogP contribution in [0.5, 0.6) is 0 Å². The van der Waals surface area contributed by atoms with Gasteiger partial charge in [-0.25, -0.2) is 13.9 Å². The number of carboxylic acid groups (broad SMARTS) is 1. The molecule has 168 valence electrons. The minimum absolute atomic E-state index is 0.372. The fraction of sp³-hybridized carbons (Fsp3) is 0.840. The molecule has 0 aliphatic carbocycles. The standard InChI is InChI=1S/C25H46N2O2/c1-3-4-5-6-7-8-9-10-11-12-13-14-15-16-17-18-19-20-21-27-23-22-26(2)24(27)25(28)29/h22-23H,3-21H2,1-2H3/p+1. The SMILES string of the molecule is CCCCCCCCCCCCCCCCCCCCn1cc[n+](C)c1C(=O)O. The van der Waals surface area contributed by atoms with Crippen LogP contribution in [-0.4, -0.2) is 15.6 Å². The van der Waals surface area contributed by atoms with Crippen molar-refractivity contribution in [1.29, 1.82) is 0 Å². The van der Waals surface area contributed by atoms with Crippen molar-refractivity contribution in [3.8, 4) is 0 Å². The first-order valence-electron chi connectivity index (χ1n) is 12.4. The third-order valence-electron chi connectivity index (χ3n) is 6.02. The average Bonchev–Trinajstić information content (AvgIpc) is 3.07. The number of aryl methyl sites for hydroxylation is 2. The topological polar surface area (TPSA) is 46.1 Å². The highest BCUT2D eigenvalue weighted by Crippen LogP contribution is 2.14. The molecule has 0 atom stereocenters. The Bertz CT molecular complexity index is 525. The number of aromatic nitrogens is 2. The Kier molecular flexibility index (Phi) is 15.5. The first-order chi connectivity index (χ1) is 14.2. The molecule has 0 saturated carbocycles. The van der Waals surface area contributed by atoms with Gasteiger partial charge in [-0.1, -0.05) is 110 Å². The summed E-state index contributed by atoms with van der Waals surface area (Å²) in [6, 6.07) is 0. The molecule has 0 bridgehead atoms. The van der Waals surface area contributed by atoms with Gasteiger partial charge < -0.3 is 5.11 Å². The minimum atomic E-state index is -0.847. The van der Waals surface area contributed by atoms with Crippen LogP contribution in [0.2, 0.25) is 0 Å². The molecule has 29 heavy (non-hydrogen) atoms. The van der Waals surface area contributed by atoms with E-state index >= 15 is 0 Å². The van der Waals surface area contributed by atoms with Gasteiger partial charge in [0.1, 0.15) is 12.4 Å². The van der Waals surface area contributed by atoms with Crippen molar-refractivity contribution >= 4 is 5.97 Å². The highest BCUT2D eigenvalue weighted by molar-refractivity contribution is 5.81. The summed E-state index contributed by atoms with van der Waals surface area (Å²) in [5.41, 5.74) is 0. The fourth-order valence-corrected chi connectivity index (χ4v) is 4.16. The quantitative estimate of drug-likeness (QED) is 0.186. The zero-order valence-corrected chi connectivity index (χ0v) is 19.3. The van der Waals surface area contributed by atoms with Gasteiger partial charge in [0.25, 0.3) is 0 Å². The molecular formula is C25H47N2O2+. The Morgan fingerprint density at radius 3 is 1.52 bits per heavy atom. The van der Waals surface area contributed by atoms with Gasteiger partial charge in [-0.3, -0.25) is 0 Å². The van der Waals surface area contributed by atoms with Gasteiger partial charge in [0.2, 0.25) is 0 Å². The van der Waals surface area contributed by atoms with E-state index in [4.69, 9.17) is 0 Å². The molecule has 4 heteroatoms. The maximum Gasteiger partial charge on any atom is 0.419 e. The molecule has 0 radical (unpaired) electrons. The molecule has 1 aromatic heterocycles. The number of imidazole rings is 1. The summed E-state index contributed by atoms with van der Waals surface area (Å²) in [5.74, 6) is -0.475. The van der Waals surface area contributed by atoms with Crippen molar-refractivity contribution in [2.45, 2.75) is 129 Å². The number of carboxylic acids is 1. The van der Waals surface area contributed by atoms with E-state index < -0.39 is 5.97 Å². The Hall–Kier alpha value is -1.32. The number of rotatable bonds is 20. The van der Waals surface area contributed by atoms with E-state index in [9.17, 15) is 9.90 Å². The molecule has 0 aliphatic heterocycles. The van der Waals surface area contributed by atoms with Crippen LogP contribution in [0.4, 0.5) is 0 Å². The van der Waals surface area contributed by atoms with E-state index in [0.29, 0.717) is 5.82 Å². The molecular weight excluding hydrogens is 360 g/mol. The summed E-state index contributed by atoms with van der Waals surface area (Å²) < 4.78 is 3.53. The second-order valence-corrected chi connectivity index (χ2v) is 8.74. The molecule has 0 amide bonds. The van der Waals surface area contributed by atoms with Crippen LogP contribution < -0.4 is 4.57 Å². The van der Waals surface area contributed by atoms with Gasteiger partial charge in [-0.2, -0.15) is 0 Å². The molecule has 0 unspecified atom stereocenters. The Morgan fingerprint density at radius 2 is 1.14 bits per heavy atom. The third kappa shape index (κ3) is 12.8. The molecule has 0 saturated heterocycles. The summed E-state index contributed by atoms with van der Waals surface area (Å²) in [6.45, 7) is 3.09. The zero-order valence-electron chi connectivity index (χ0n) is 19.3. The van der Waals surface area contributed by atoms with E-state index in [2.05, 4.69) is 6.92 Å². The molecule has 1 N–H and O–H groups in total. The summed E-state index contributed by atoms with van der Waals surface area (Å²) in [5, 5.41) is 9.25.